The number of rotatable bonds is 1. The molecule has 1 aliphatic rings. The Morgan fingerprint density at radius 3 is 2.50 bits per heavy atom. The summed E-state index contributed by atoms with van der Waals surface area (Å²) in [7, 11) is 0. The molecule has 1 heterocycles. The Kier molecular flexibility index (Phi) is 3.35. The molecule has 0 unspecified atom stereocenters. The predicted molar refractivity (Wildman–Crippen MR) is 88.8 cm³/mol. The van der Waals surface area contributed by atoms with Crippen molar-refractivity contribution in [1.82, 2.24) is 0 Å². The Balaban J connectivity index is 2.11. The number of amidine groups is 1. The van der Waals surface area contributed by atoms with E-state index in [0.717, 1.165) is 32.1 Å². The van der Waals surface area contributed by atoms with Gasteiger partial charge in [-0.2, -0.15) is 0 Å². The molecule has 0 aliphatic carbocycles. The third-order valence-electron chi connectivity index (χ3n) is 3.43. The van der Waals surface area contributed by atoms with Crippen molar-refractivity contribution >= 4 is 39.1 Å². The second-order valence-electron chi connectivity index (χ2n) is 5.31. The number of benzene rings is 2. The smallest absolute Gasteiger partial charge is 0.133 e. The van der Waals surface area contributed by atoms with Gasteiger partial charge in [0.05, 0.1) is 16.2 Å². The maximum Gasteiger partial charge on any atom is 0.133 e. The van der Waals surface area contributed by atoms with Crippen molar-refractivity contribution in [2.75, 3.05) is 5.32 Å². The molecule has 102 valence electrons. The lowest BCUT2D eigenvalue weighted by Gasteiger charge is -2.31. The van der Waals surface area contributed by atoms with Crippen LogP contribution in [-0.2, 0) is 5.54 Å². The minimum atomic E-state index is -0.298. The molecule has 0 radical (unpaired) electrons. The van der Waals surface area contributed by atoms with Gasteiger partial charge in [0, 0.05) is 15.6 Å². The number of para-hydroxylation sites is 1. The van der Waals surface area contributed by atoms with Gasteiger partial charge >= 0.3 is 0 Å². The average Bonchev–Trinajstić information content (AvgIpc) is 2.40. The first-order valence-corrected chi connectivity index (χ1v) is 7.56. The lowest BCUT2D eigenvalue weighted by Crippen LogP contribution is -2.29. The van der Waals surface area contributed by atoms with Crippen molar-refractivity contribution in [2.24, 2.45) is 4.99 Å². The van der Waals surface area contributed by atoms with E-state index in [-0.39, 0.29) is 5.54 Å². The molecule has 0 saturated heterocycles. The number of hydrogen-bond acceptors (Lipinski definition) is 2. The first-order valence-electron chi connectivity index (χ1n) is 6.39. The molecule has 1 aliphatic heterocycles. The Bertz CT molecular complexity index is 690. The molecule has 0 atom stereocenters. The lowest BCUT2D eigenvalue weighted by atomic mass is 9.91. The van der Waals surface area contributed by atoms with Gasteiger partial charge < -0.3 is 5.32 Å². The second kappa shape index (κ2) is 4.90. The van der Waals surface area contributed by atoms with Crippen LogP contribution in [0.3, 0.4) is 0 Å². The molecule has 0 saturated carbocycles. The fourth-order valence-electron chi connectivity index (χ4n) is 2.39. The maximum absolute atomic E-state index is 6.32. The molecule has 0 bridgehead atoms. The summed E-state index contributed by atoms with van der Waals surface area (Å²) >= 11 is 9.77. The van der Waals surface area contributed by atoms with Crippen LogP contribution in [-0.4, -0.2) is 5.84 Å². The summed E-state index contributed by atoms with van der Waals surface area (Å²) in [5, 5.41) is 4.08. The van der Waals surface area contributed by atoms with Gasteiger partial charge in [-0.25, -0.2) is 0 Å². The molecule has 2 nitrogen and oxygen atoms in total. The zero-order valence-electron chi connectivity index (χ0n) is 11.2. The van der Waals surface area contributed by atoms with Crippen LogP contribution in [0.5, 0.6) is 0 Å². The van der Waals surface area contributed by atoms with Crippen LogP contribution >= 0.6 is 27.5 Å². The van der Waals surface area contributed by atoms with Crippen molar-refractivity contribution in [3.63, 3.8) is 0 Å². The fraction of sp³-hybridized carbons (Fsp3) is 0.188. The quantitative estimate of drug-likeness (QED) is 0.751. The van der Waals surface area contributed by atoms with Crippen LogP contribution in [0.25, 0.3) is 0 Å². The minimum Gasteiger partial charge on any atom is -0.338 e. The van der Waals surface area contributed by atoms with Crippen molar-refractivity contribution in [3.8, 4) is 0 Å². The van der Waals surface area contributed by atoms with Crippen molar-refractivity contribution in [2.45, 2.75) is 19.4 Å². The van der Waals surface area contributed by atoms with Crippen molar-refractivity contribution < 1.29 is 0 Å². The number of aliphatic imine (C=N–C) groups is 1. The molecule has 4 heteroatoms. The van der Waals surface area contributed by atoms with Crippen LogP contribution in [0.2, 0.25) is 5.02 Å². The highest BCUT2D eigenvalue weighted by Crippen LogP contribution is 2.39. The molecule has 1 N–H and O–H groups in total. The fourth-order valence-corrected chi connectivity index (χ4v) is 2.88. The van der Waals surface area contributed by atoms with E-state index < -0.39 is 0 Å². The van der Waals surface area contributed by atoms with Crippen molar-refractivity contribution in [1.29, 1.82) is 0 Å². The van der Waals surface area contributed by atoms with Gasteiger partial charge in [0.2, 0.25) is 0 Å². The molecule has 0 amide bonds. The molecular formula is C16H14BrClN2. The highest BCUT2D eigenvalue weighted by atomic mass is 79.9. The average molecular weight is 350 g/mol. The predicted octanol–water partition coefficient (Wildman–Crippen LogP) is 5.21. The summed E-state index contributed by atoms with van der Waals surface area (Å²) < 4.78 is 1.05. The number of fused-ring (bicyclic) bond motifs is 1. The van der Waals surface area contributed by atoms with Gasteiger partial charge in [0.15, 0.2) is 0 Å². The Labute approximate surface area is 132 Å². The second-order valence-corrected chi connectivity index (χ2v) is 6.64. The molecule has 0 fully saturated rings. The maximum atomic E-state index is 6.32. The van der Waals surface area contributed by atoms with E-state index in [1.807, 2.05) is 36.4 Å². The largest absolute Gasteiger partial charge is 0.338 e. The van der Waals surface area contributed by atoms with Crippen LogP contribution in [0.4, 0.5) is 5.69 Å². The van der Waals surface area contributed by atoms with Gasteiger partial charge in [-0.05, 0) is 32.0 Å². The SMILES string of the molecule is CC1(C)N=C(c2ccc(Br)cc2)Nc2c(Cl)cccc21. The van der Waals surface area contributed by atoms with E-state index in [2.05, 4.69) is 41.2 Å². The van der Waals surface area contributed by atoms with Gasteiger partial charge in [-0.15, -0.1) is 0 Å². The molecule has 2 aromatic carbocycles. The normalized spacial score (nSPS) is 16.1. The molecule has 20 heavy (non-hydrogen) atoms. The molecule has 0 aromatic heterocycles. The van der Waals surface area contributed by atoms with Gasteiger partial charge in [-0.3, -0.25) is 4.99 Å². The summed E-state index contributed by atoms with van der Waals surface area (Å²) in [5.41, 5.74) is 2.82. The number of hydrogen-bond donors (Lipinski definition) is 1. The van der Waals surface area contributed by atoms with Crippen LogP contribution in [0, 0.1) is 0 Å². The van der Waals surface area contributed by atoms with E-state index in [1.54, 1.807) is 0 Å². The summed E-state index contributed by atoms with van der Waals surface area (Å²) in [6.45, 7) is 4.20. The molecule has 0 spiro atoms. The summed E-state index contributed by atoms with van der Waals surface area (Å²) in [5.74, 6) is 0.850. The zero-order chi connectivity index (χ0) is 14.3. The topological polar surface area (TPSA) is 24.4 Å². The third kappa shape index (κ3) is 2.36. The first-order chi connectivity index (χ1) is 9.47. The van der Waals surface area contributed by atoms with Crippen LogP contribution in [0.1, 0.15) is 25.0 Å². The highest BCUT2D eigenvalue weighted by molar-refractivity contribution is 9.10. The number of halogens is 2. The van der Waals surface area contributed by atoms with Gasteiger partial charge in [0.1, 0.15) is 5.84 Å². The Morgan fingerprint density at radius 2 is 1.80 bits per heavy atom. The number of anilines is 1. The first kappa shape index (κ1) is 13.7. The number of nitrogens with zero attached hydrogens (tertiary/aromatic N) is 1. The Hall–Kier alpha value is -1.32. The molecular weight excluding hydrogens is 336 g/mol. The minimum absolute atomic E-state index is 0.298. The van der Waals surface area contributed by atoms with E-state index in [1.165, 1.54) is 0 Å². The summed E-state index contributed by atoms with van der Waals surface area (Å²) in [4.78, 5) is 4.83. The van der Waals surface area contributed by atoms with Gasteiger partial charge in [0.25, 0.3) is 0 Å². The highest BCUT2D eigenvalue weighted by Gasteiger charge is 2.29. The summed E-state index contributed by atoms with van der Waals surface area (Å²) in [6, 6.07) is 14.0. The van der Waals surface area contributed by atoms with E-state index in [9.17, 15) is 0 Å². The standard InChI is InChI=1S/C16H14BrClN2/c1-16(2)12-4-3-5-13(18)14(12)19-15(20-16)10-6-8-11(17)9-7-10/h3-9H,1-2H3,(H,19,20). The third-order valence-corrected chi connectivity index (χ3v) is 4.27. The molecule has 3 rings (SSSR count). The van der Waals surface area contributed by atoms with Crippen LogP contribution in [0.15, 0.2) is 51.9 Å². The van der Waals surface area contributed by atoms with E-state index in [4.69, 9.17) is 16.6 Å². The summed E-state index contributed by atoms with van der Waals surface area (Å²) in [6.07, 6.45) is 0. The Morgan fingerprint density at radius 1 is 1.10 bits per heavy atom. The lowest BCUT2D eigenvalue weighted by molar-refractivity contribution is 0.555. The van der Waals surface area contributed by atoms with E-state index >= 15 is 0 Å². The number of nitrogens with one attached hydrogen (secondary N) is 1. The monoisotopic (exact) mass is 348 g/mol. The van der Waals surface area contributed by atoms with Gasteiger partial charge in [-0.1, -0.05) is 51.8 Å². The molecule has 2 aromatic rings. The zero-order valence-corrected chi connectivity index (χ0v) is 13.6. The van der Waals surface area contributed by atoms with E-state index in [0.29, 0.717) is 0 Å². The van der Waals surface area contributed by atoms with Crippen molar-refractivity contribution in [3.05, 3.63) is 63.1 Å². The van der Waals surface area contributed by atoms with Crippen LogP contribution < -0.4 is 5.32 Å².